The quantitative estimate of drug-likeness (QED) is 0.677. The van der Waals surface area contributed by atoms with E-state index in [0.717, 1.165) is 19.3 Å². The van der Waals surface area contributed by atoms with Crippen molar-refractivity contribution in [2.24, 2.45) is 11.8 Å². The number of unbranched alkanes of at least 4 members (excludes halogenated alkanes) is 1. The van der Waals surface area contributed by atoms with Gasteiger partial charge in [0.2, 0.25) is 0 Å². The molecule has 0 radical (unpaired) electrons. The second-order valence-electron chi connectivity index (χ2n) is 4.53. The second-order valence-corrected chi connectivity index (χ2v) is 4.53. The van der Waals surface area contributed by atoms with E-state index in [0.29, 0.717) is 31.7 Å². The number of esters is 1. The summed E-state index contributed by atoms with van der Waals surface area (Å²) in [6.45, 7) is 4.37. The van der Waals surface area contributed by atoms with Crippen molar-refractivity contribution in [3.63, 3.8) is 0 Å². The van der Waals surface area contributed by atoms with Crippen molar-refractivity contribution in [3.8, 4) is 0 Å². The molecular weight excluding hydrogens is 204 g/mol. The summed E-state index contributed by atoms with van der Waals surface area (Å²) in [5.74, 6) is 0.285. The van der Waals surface area contributed by atoms with Gasteiger partial charge in [0.15, 0.2) is 0 Å². The molecule has 1 rings (SSSR count). The Bertz CT molecular complexity index is 248. The normalized spacial score (nSPS) is 25.5. The van der Waals surface area contributed by atoms with Crippen LogP contribution in [0.3, 0.4) is 0 Å². The van der Waals surface area contributed by atoms with E-state index in [1.807, 2.05) is 6.92 Å². The molecule has 0 aliphatic heterocycles. The number of hydrogen-bond acceptors (Lipinski definition) is 3. The van der Waals surface area contributed by atoms with Crippen LogP contribution in [0, 0.1) is 11.8 Å². The Labute approximate surface area is 97.5 Å². The maximum Gasteiger partial charge on any atom is 0.308 e. The smallest absolute Gasteiger partial charge is 0.308 e. The predicted molar refractivity (Wildman–Crippen MR) is 62.0 cm³/mol. The summed E-state index contributed by atoms with van der Waals surface area (Å²) in [5.41, 5.74) is 0. The Morgan fingerprint density at radius 1 is 1.44 bits per heavy atom. The van der Waals surface area contributed by atoms with Gasteiger partial charge in [0.25, 0.3) is 0 Å². The zero-order valence-electron chi connectivity index (χ0n) is 10.3. The maximum absolute atomic E-state index is 11.7. The summed E-state index contributed by atoms with van der Waals surface area (Å²) in [4.78, 5) is 23.3. The Morgan fingerprint density at radius 2 is 2.19 bits per heavy atom. The third kappa shape index (κ3) is 3.62. The molecule has 0 amide bonds. The van der Waals surface area contributed by atoms with Gasteiger partial charge in [-0.15, -0.1) is 0 Å². The van der Waals surface area contributed by atoms with Crippen LogP contribution >= 0.6 is 0 Å². The molecule has 2 unspecified atom stereocenters. The fraction of sp³-hybridized carbons (Fsp3) is 0.846. The van der Waals surface area contributed by atoms with Gasteiger partial charge in [0, 0.05) is 12.3 Å². The molecule has 0 N–H and O–H groups in total. The van der Waals surface area contributed by atoms with E-state index in [-0.39, 0.29) is 17.8 Å². The Kier molecular flexibility index (Phi) is 5.50. The molecule has 2 atom stereocenters. The fourth-order valence-electron chi connectivity index (χ4n) is 2.32. The van der Waals surface area contributed by atoms with E-state index in [1.165, 1.54) is 0 Å². The number of Topliss-reactive ketones (excluding diaryl/α,β-unsaturated/α-hetero) is 1. The first-order valence-corrected chi connectivity index (χ1v) is 6.38. The van der Waals surface area contributed by atoms with Crippen molar-refractivity contribution in [2.45, 2.75) is 52.4 Å². The lowest BCUT2D eigenvalue weighted by Gasteiger charge is -2.26. The van der Waals surface area contributed by atoms with E-state index in [2.05, 4.69) is 6.92 Å². The lowest BCUT2D eigenvalue weighted by molar-refractivity contribution is -0.150. The van der Waals surface area contributed by atoms with Gasteiger partial charge in [-0.2, -0.15) is 0 Å². The lowest BCUT2D eigenvalue weighted by Crippen LogP contribution is -2.30. The van der Waals surface area contributed by atoms with Crippen LogP contribution in [0.4, 0.5) is 0 Å². The number of hydrogen-bond donors (Lipinski definition) is 0. The molecule has 1 aliphatic rings. The minimum atomic E-state index is -0.114. The highest BCUT2D eigenvalue weighted by molar-refractivity contribution is 5.84. The molecule has 1 fully saturated rings. The Morgan fingerprint density at radius 3 is 2.81 bits per heavy atom. The molecule has 0 aromatic carbocycles. The van der Waals surface area contributed by atoms with Gasteiger partial charge in [-0.25, -0.2) is 0 Å². The van der Waals surface area contributed by atoms with Crippen LogP contribution in [0.25, 0.3) is 0 Å². The summed E-state index contributed by atoms with van der Waals surface area (Å²) >= 11 is 0. The van der Waals surface area contributed by atoms with Crippen LogP contribution in [0.5, 0.6) is 0 Å². The van der Waals surface area contributed by atoms with Crippen molar-refractivity contribution < 1.29 is 14.3 Å². The second kappa shape index (κ2) is 6.66. The van der Waals surface area contributed by atoms with E-state index in [1.54, 1.807) is 0 Å². The maximum atomic E-state index is 11.7. The van der Waals surface area contributed by atoms with Crippen LogP contribution in [0.2, 0.25) is 0 Å². The number of ketones is 1. The minimum absolute atomic E-state index is 0.0421. The third-order valence-corrected chi connectivity index (χ3v) is 3.29. The van der Waals surface area contributed by atoms with E-state index in [9.17, 15) is 9.59 Å². The van der Waals surface area contributed by atoms with Crippen LogP contribution in [-0.4, -0.2) is 18.4 Å². The zero-order valence-corrected chi connectivity index (χ0v) is 10.3. The van der Waals surface area contributed by atoms with Crippen molar-refractivity contribution in [1.82, 2.24) is 0 Å². The average molecular weight is 226 g/mol. The molecule has 0 aromatic heterocycles. The van der Waals surface area contributed by atoms with Gasteiger partial charge in [-0.1, -0.05) is 19.8 Å². The van der Waals surface area contributed by atoms with Gasteiger partial charge in [-0.05, 0) is 26.2 Å². The standard InChI is InChI=1S/C13H22O3/c1-3-5-6-10-9-11(7-8-12(10)14)13(15)16-4-2/h10-11H,3-9H2,1-2H3. The van der Waals surface area contributed by atoms with Gasteiger partial charge in [0.05, 0.1) is 12.5 Å². The summed E-state index contributed by atoms with van der Waals surface area (Å²) in [7, 11) is 0. The SMILES string of the molecule is CCCCC1CC(C(=O)OCC)CCC1=O. The monoisotopic (exact) mass is 226 g/mol. The molecule has 0 heterocycles. The molecule has 92 valence electrons. The van der Waals surface area contributed by atoms with Gasteiger partial charge in [-0.3, -0.25) is 9.59 Å². The predicted octanol–water partition coefficient (Wildman–Crippen LogP) is 2.73. The zero-order chi connectivity index (χ0) is 12.0. The van der Waals surface area contributed by atoms with E-state index < -0.39 is 0 Å². The number of carbonyl (C=O) groups is 2. The van der Waals surface area contributed by atoms with E-state index in [4.69, 9.17) is 4.74 Å². The third-order valence-electron chi connectivity index (χ3n) is 3.29. The van der Waals surface area contributed by atoms with Crippen molar-refractivity contribution >= 4 is 11.8 Å². The average Bonchev–Trinajstić information content (AvgIpc) is 2.28. The lowest BCUT2D eigenvalue weighted by atomic mass is 9.78. The Hall–Kier alpha value is -0.860. The van der Waals surface area contributed by atoms with Crippen LogP contribution in [0.15, 0.2) is 0 Å². The number of ether oxygens (including phenoxy) is 1. The van der Waals surface area contributed by atoms with Crippen molar-refractivity contribution in [2.75, 3.05) is 6.61 Å². The highest BCUT2D eigenvalue weighted by Crippen LogP contribution is 2.30. The molecule has 0 aromatic rings. The summed E-state index contributed by atoms with van der Waals surface area (Å²) in [6, 6.07) is 0. The molecule has 3 nitrogen and oxygen atoms in total. The Balaban J connectivity index is 2.46. The summed E-state index contributed by atoms with van der Waals surface area (Å²) in [5, 5.41) is 0. The molecule has 0 saturated heterocycles. The molecule has 0 spiro atoms. The van der Waals surface area contributed by atoms with E-state index >= 15 is 0 Å². The van der Waals surface area contributed by atoms with Gasteiger partial charge < -0.3 is 4.74 Å². The first kappa shape index (κ1) is 13.2. The molecule has 16 heavy (non-hydrogen) atoms. The van der Waals surface area contributed by atoms with Gasteiger partial charge in [0.1, 0.15) is 5.78 Å². The first-order chi connectivity index (χ1) is 7.69. The topological polar surface area (TPSA) is 43.4 Å². The molecule has 3 heteroatoms. The van der Waals surface area contributed by atoms with Crippen LogP contribution in [0.1, 0.15) is 52.4 Å². The molecule has 0 bridgehead atoms. The van der Waals surface area contributed by atoms with Gasteiger partial charge >= 0.3 is 5.97 Å². The first-order valence-electron chi connectivity index (χ1n) is 6.38. The van der Waals surface area contributed by atoms with Crippen LogP contribution in [-0.2, 0) is 14.3 Å². The van der Waals surface area contributed by atoms with Crippen molar-refractivity contribution in [1.29, 1.82) is 0 Å². The largest absolute Gasteiger partial charge is 0.466 e. The minimum Gasteiger partial charge on any atom is -0.466 e. The highest BCUT2D eigenvalue weighted by atomic mass is 16.5. The molecule has 1 aliphatic carbocycles. The number of carbonyl (C=O) groups excluding carboxylic acids is 2. The summed E-state index contributed by atoms with van der Waals surface area (Å²) in [6.07, 6.45) is 5.06. The highest BCUT2D eigenvalue weighted by Gasteiger charge is 2.32. The van der Waals surface area contributed by atoms with Crippen LogP contribution < -0.4 is 0 Å². The molecular formula is C13H22O3. The van der Waals surface area contributed by atoms with Crippen molar-refractivity contribution in [3.05, 3.63) is 0 Å². The summed E-state index contributed by atoms with van der Waals surface area (Å²) < 4.78 is 5.02. The number of rotatable bonds is 5. The fourth-order valence-corrected chi connectivity index (χ4v) is 2.32. The molecule has 1 saturated carbocycles.